The minimum Gasteiger partial charge on any atom is -0.395 e. The Morgan fingerprint density at radius 3 is 2.53 bits per heavy atom. The Morgan fingerprint density at radius 1 is 1.42 bits per heavy atom. The molecular formula is C10H19N5O3S. The van der Waals surface area contributed by atoms with E-state index in [-0.39, 0.29) is 24.7 Å². The van der Waals surface area contributed by atoms with Gasteiger partial charge < -0.3 is 11.1 Å². The highest BCUT2D eigenvalue weighted by atomic mass is 32.2. The molecule has 8 nitrogen and oxygen atoms in total. The van der Waals surface area contributed by atoms with Crippen LogP contribution in [-0.2, 0) is 10.0 Å². The van der Waals surface area contributed by atoms with E-state index in [9.17, 15) is 13.2 Å². The first-order chi connectivity index (χ1) is 8.72. The fourth-order valence-corrected chi connectivity index (χ4v) is 1.95. The fraction of sp³-hybridized carbons (Fsp3) is 0.600. The summed E-state index contributed by atoms with van der Waals surface area (Å²) in [5.41, 5.74) is 6.97. The van der Waals surface area contributed by atoms with Crippen molar-refractivity contribution in [2.45, 2.75) is 19.8 Å². The van der Waals surface area contributed by atoms with E-state index in [1.54, 1.807) is 0 Å². The largest absolute Gasteiger partial charge is 0.395 e. The smallest absolute Gasteiger partial charge is 0.273 e. The predicted molar refractivity (Wildman–Crippen MR) is 72.3 cm³/mol. The molecule has 0 spiro atoms. The van der Waals surface area contributed by atoms with E-state index < -0.39 is 15.9 Å². The van der Waals surface area contributed by atoms with Gasteiger partial charge in [0.1, 0.15) is 0 Å². The second kappa shape index (κ2) is 6.02. The number of H-pyrrole nitrogens is 1. The van der Waals surface area contributed by atoms with Gasteiger partial charge >= 0.3 is 0 Å². The first-order valence-electron chi connectivity index (χ1n) is 5.79. The number of rotatable bonds is 6. The number of aromatic nitrogens is 2. The average Bonchev–Trinajstić information content (AvgIpc) is 2.65. The normalized spacial score (nSPS) is 11.8. The summed E-state index contributed by atoms with van der Waals surface area (Å²) >= 11 is 0. The van der Waals surface area contributed by atoms with Crippen molar-refractivity contribution in [3.8, 4) is 0 Å². The molecule has 0 aliphatic carbocycles. The number of nitrogens with zero attached hydrogens (tertiary/aromatic N) is 1. The van der Waals surface area contributed by atoms with Crippen LogP contribution in [0.1, 0.15) is 35.9 Å². The molecule has 9 heteroatoms. The van der Waals surface area contributed by atoms with Crippen molar-refractivity contribution in [1.82, 2.24) is 20.2 Å². The number of carbonyl (C=O) groups excluding carboxylic acids is 1. The number of amides is 1. The lowest BCUT2D eigenvalue weighted by molar-refractivity contribution is 0.0950. The van der Waals surface area contributed by atoms with Crippen LogP contribution in [0, 0.1) is 0 Å². The molecule has 5 N–H and O–H groups in total. The lowest BCUT2D eigenvalue weighted by Crippen LogP contribution is -2.34. The van der Waals surface area contributed by atoms with E-state index in [4.69, 9.17) is 5.73 Å². The Balaban J connectivity index is 2.55. The molecule has 0 radical (unpaired) electrons. The predicted octanol–water partition coefficient (Wildman–Crippen LogP) is -0.606. The minimum absolute atomic E-state index is 0.117. The molecule has 1 heterocycles. The second-order valence-corrected chi connectivity index (χ2v) is 6.31. The molecule has 0 aliphatic heterocycles. The number of aromatic amines is 1. The van der Waals surface area contributed by atoms with Crippen LogP contribution in [0.4, 0.5) is 5.69 Å². The molecule has 0 atom stereocenters. The highest BCUT2D eigenvalue weighted by Gasteiger charge is 2.18. The fourth-order valence-electron chi connectivity index (χ4n) is 1.47. The third-order valence-corrected chi connectivity index (χ3v) is 3.13. The second-order valence-electron chi connectivity index (χ2n) is 4.48. The number of nitrogen functional groups attached to an aromatic ring is 1. The zero-order valence-corrected chi connectivity index (χ0v) is 12.0. The number of anilines is 1. The van der Waals surface area contributed by atoms with Crippen LogP contribution in [0.25, 0.3) is 0 Å². The summed E-state index contributed by atoms with van der Waals surface area (Å²) in [6.45, 7) is 4.14. The van der Waals surface area contributed by atoms with Crippen LogP contribution in [-0.4, -0.2) is 43.9 Å². The van der Waals surface area contributed by atoms with Gasteiger partial charge in [-0.3, -0.25) is 9.89 Å². The van der Waals surface area contributed by atoms with E-state index in [1.165, 1.54) is 0 Å². The molecule has 0 unspecified atom stereocenters. The first-order valence-corrected chi connectivity index (χ1v) is 7.68. The SMILES string of the molecule is CC(C)c1[nH]nc(C(=O)NCCNS(C)(=O)=O)c1N. The van der Waals surface area contributed by atoms with Crippen molar-refractivity contribution in [3.63, 3.8) is 0 Å². The van der Waals surface area contributed by atoms with Gasteiger partial charge in [0.05, 0.1) is 17.6 Å². The topological polar surface area (TPSA) is 130 Å². The number of nitrogens with two attached hydrogens (primary N) is 1. The number of sulfonamides is 1. The van der Waals surface area contributed by atoms with Gasteiger partial charge in [-0.05, 0) is 5.92 Å². The van der Waals surface area contributed by atoms with Gasteiger partial charge in [-0.15, -0.1) is 0 Å². The lowest BCUT2D eigenvalue weighted by atomic mass is 10.1. The van der Waals surface area contributed by atoms with Gasteiger partial charge in [-0.1, -0.05) is 13.8 Å². The van der Waals surface area contributed by atoms with Gasteiger partial charge in [-0.2, -0.15) is 5.10 Å². The molecule has 0 saturated carbocycles. The van der Waals surface area contributed by atoms with Gasteiger partial charge in [-0.25, -0.2) is 13.1 Å². The number of hydrogen-bond acceptors (Lipinski definition) is 5. The van der Waals surface area contributed by atoms with E-state index in [0.717, 1.165) is 6.26 Å². The maximum absolute atomic E-state index is 11.8. The van der Waals surface area contributed by atoms with Crippen molar-refractivity contribution in [1.29, 1.82) is 0 Å². The molecule has 0 saturated heterocycles. The summed E-state index contributed by atoms with van der Waals surface area (Å²) in [5, 5.41) is 9.12. The van der Waals surface area contributed by atoms with Crippen molar-refractivity contribution in [3.05, 3.63) is 11.4 Å². The van der Waals surface area contributed by atoms with Crippen LogP contribution >= 0.6 is 0 Å². The molecule has 1 aromatic heterocycles. The van der Waals surface area contributed by atoms with Gasteiger partial charge in [0, 0.05) is 13.1 Å². The van der Waals surface area contributed by atoms with Gasteiger partial charge in [0.2, 0.25) is 10.0 Å². The highest BCUT2D eigenvalue weighted by Crippen LogP contribution is 2.21. The maximum atomic E-state index is 11.8. The molecule has 108 valence electrons. The molecular weight excluding hydrogens is 270 g/mol. The van der Waals surface area contributed by atoms with Crippen molar-refractivity contribution >= 4 is 21.6 Å². The van der Waals surface area contributed by atoms with Crippen molar-refractivity contribution in [2.24, 2.45) is 0 Å². The molecule has 0 aliphatic rings. The van der Waals surface area contributed by atoms with Crippen LogP contribution < -0.4 is 15.8 Å². The van der Waals surface area contributed by atoms with Crippen molar-refractivity contribution in [2.75, 3.05) is 25.1 Å². The summed E-state index contributed by atoms with van der Waals surface area (Å²) in [7, 11) is -3.25. The van der Waals surface area contributed by atoms with Crippen LogP contribution in [0.2, 0.25) is 0 Å². The van der Waals surface area contributed by atoms with E-state index >= 15 is 0 Å². The standard InChI is InChI=1S/C10H19N5O3S/c1-6(2)8-7(11)9(15-14-8)10(16)12-4-5-13-19(3,17)18/h6,13H,4-5,11H2,1-3H3,(H,12,16)(H,14,15). The van der Waals surface area contributed by atoms with E-state index in [1.807, 2.05) is 13.8 Å². The third kappa shape index (κ3) is 4.52. The van der Waals surface area contributed by atoms with Gasteiger partial charge in [0.25, 0.3) is 5.91 Å². The molecule has 1 rings (SSSR count). The number of nitrogens with one attached hydrogen (secondary N) is 3. The average molecular weight is 289 g/mol. The van der Waals surface area contributed by atoms with Gasteiger partial charge in [0.15, 0.2) is 5.69 Å². The summed E-state index contributed by atoms with van der Waals surface area (Å²) in [6.07, 6.45) is 1.05. The minimum atomic E-state index is -3.25. The molecule has 1 amide bonds. The Kier molecular flexibility index (Phi) is 4.90. The Hall–Kier alpha value is -1.61. The first kappa shape index (κ1) is 15.4. The van der Waals surface area contributed by atoms with E-state index in [2.05, 4.69) is 20.2 Å². The summed E-state index contributed by atoms with van der Waals surface area (Å²) < 4.78 is 23.9. The molecule has 1 aromatic rings. The van der Waals surface area contributed by atoms with Crippen LogP contribution in [0.3, 0.4) is 0 Å². The summed E-state index contributed by atoms with van der Waals surface area (Å²) in [6, 6.07) is 0. The van der Waals surface area contributed by atoms with E-state index in [0.29, 0.717) is 11.4 Å². The summed E-state index contributed by atoms with van der Waals surface area (Å²) in [5.74, 6) is -0.295. The zero-order chi connectivity index (χ0) is 14.6. The molecule has 0 fully saturated rings. The number of hydrogen-bond donors (Lipinski definition) is 4. The third-order valence-electron chi connectivity index (χ3n) is 2.40. The Morgan fingerprint density at radius 2 is 2.05 bits per heavy atom. The number of carbonyl (C=O) groups is 1. The molecule has 0 bridgehead atoms. The zero-order valence-electron chi connectivity index (χ0n) is 11.1. The lowest BCUT2D eigenvalue weighted by Gasteiger charge is -2.05. The molecule has 0 aromatic carbocycles. The van der Waals surface area contributed by atoms with Crippen molar-refractivity contribution < 1.29 is 13.2 Å². The summed E-state index contributed by atoms with van der Waals surface area (Å²) in [4.78, 5) is 11.8. The molecule has 19 heavy (non-hydrogen) atoms. The monoisotopic (exact) mass is 289 g/mol. The highest BCUT2D eigenvalue weighted by molar-refractivity contribution is 7.88. The van der Waals surface area contributed by atoms with Crippen LogP contribution in [0.15, 0.2) is 0 Å². The Bertz CT molecular complexity index is 550. The maximum Gasteiger partial charge on any atom is 0.273 e. The van der Waals surface area contributed by atoms with Crippen LogP contribution in [0.5, 0.6) is 0 Å². The quantitative estimate of drug-likeness (QED) is 0.519. The Labute approximate surface area is 112 Å².